The van der Waals surface area contributed by atoms with E-state index in [1.165, 1.54) is 12.0 Å². The number of hydrogen-bond acceptors (Lipinski definition) is 4. The number of aromatic nitrogens is 1. The zero-order valence-electron chi connectivity index (χ0n) is 12.9. The summed E-state index contributed by atoms with van der Waals surface area (Å²) in [6, 6.07) is 14.9. The lowest BCUT2D eigenvalue weighted by atomic mass is 10.1. The van der Waals surface area contributed by atoms with Gasteiger partial charge in [0.15, 0.2) is 0 Å². The minimum absolute atomic E-state index is 0.104. The van der Waals surface area contributed by atoms with E-state index in [1.54, 1.807) is 18.3 Å². The second kappa shape index (κ2) is 8.63. The maximum Gasteiger partial charge on any atom is 0.253 e. The van der Waals surface area contributed by atoms with Gasteiger partial charge in [0.05, 0.1) is 12.2 Å². The summed E-state index contributed by atoms with van der Waals surface area (Å²) >= 11 is 0. The van der Waals surface area contributed by atoms with Crippen LogP contribution in [0.1, 0.15) is 11.3 Å². The molecule has 0 aliphatic heterocycles. The van der Waals surface area contributed by atoms with Gasteiger partial charge in [-0.15, -0.1) is 0 Å². The molecule has 0 aliphatic rings. The molecule has 0 unspecified atom stereocenters. The molecule has 0 saturated carbocycles. The van der Waals surface area contributed by atoms with E-state index in [0.717, 1.165) is 5.56 Å². The molecule has 2 rings (SSSR count). The second-order valence-electron chi connectivity index (χ2n) is 4.95. The zero-order chi connectivity index (χ0) is 16.5. The largest absolute Gasteiger partial charge is 0.375 e. The highest BCUT2D eigenvalue weighted by atomic mass is 16.5. The molecule has 0 spiro atoms. The van der Waals surface area contributed by atoms with E-state index in [0.29, 0.717) is 12.1 Å². The molecular weight excluding hydrogens is 292 g/mol. The Labute approximate surface area is 135 Å². The van der Waals surface area contributed by atoms with Crippen LogP contribution in [0.5, 0.6) is 0 Å². The van der Waals surface area contributed by atoms with Crippen LogP contribution < -0.4 is 0 Å². The van der Waals surface area contributed by atoms with E-state index >= 15 is 0 Å². The van der Waals surface area contributed by atoms with Crippen molar-refractivity contribution >= 4 is 11.8 Å². The van der Waals surface area contributed by atoms with Crippen LogP contribution in [-0.2, 0) is 27.3 Å². The summed E-state index contributed by atoms with van der Waals surface area (Å²) in [6.45, 7) is 0.104. The summed E-state index contributed by atoms with van der Waals surface area (Å²) in [5.41, 5.74) is 1.89. The highest BCUT2D eigenvalue weighted by Crippen LogP contribution is 2.14. The average Bonchev–Trinajstić information content (AvgIpc) is 2.60. The van der Waals surface area contributed by atoms with E-state index in [9.17, 15) is 9.59 Å². The second-order valence-corrected chi connectivity index (χ2v) is 4.95. The molecule has 0 N–H and O–H groups in total. The van der Waals surface area contributed by atoms with Gasteiger partial charge in [0.25, 0.3) is 5.91 Å². The highest BCUT2D eigenvalue weighted by molar-refractivity contribution is 5.81. The molecule has 5 nitrogen and oxygen atoms in total. The smallest absolute Gasteiger partial charge is 0.253 e. The third-order valence-corrected chi connectivity index (χ3v) is 3.27. The lowest BCUT2D eigenvalue weighted by molar-refractivity contribution is -0.133. The third kappa shape index (κ3) is 4.88. The number of carbonyl (C=O) groups excluding carboxylic acids is 2. The lowest BCUT2D eigenvalue weighted by Gasteiger charge is -2.22. The molecular formula is C18H18N2O3. The summed E-state index contributed by atoms with van der Waals surface area (Å²) in [4.78, 5) is 29.3. The van der Waals surface area contributed by atoms with Crippen molar-refractivity contribution in [3.05, 3.63) is 71.7 Å². The van der Waals surface area contributed by atoms with Crippen LogP contribution in [0.2, 0.25) is 0 Å². The summed E-state index contributed by atoms with van der Waals surface area (Å²) in [7, 11) is 1.44. The summed E-state index contributed by atoms with van der Waals surface area (Å²) in [5, 5.41) is 0. The molecule has 0 radical (unpaired) electrons. The molecule has 0 aliphatic carbocycles. The number of allylic oxidation sites excluding steroid dienone is 1. The number of nitrogens with zero attached hydrogens (tertiary/aromatic N) is 2. The molecule has 2 aromatic rings. The molecule has 1 aromatic carbocycles. The number of pyridine rings is 1. The van der Waals surface area contributed by atoms with Gasteiger partial charge in [-0.3, -0.25) is 14.7 Å². The van der Waals surface area contributed by atoms with Crippen molar-refractivity contribution in [1.82, 2.24) is 9.88 Å². The SMILES string of the molecule is COCC(=O)N(Cc1ccccn1)C(=C=O)Cc1ccccc1. The topological polar surface area (TPSA) is 59.5 Å². The highest BCUT2D eigenvalue weighted by Gasteiger charge is 2.20. The first-order chi connectivity index (χ1) is 11.2. The van der Waals surface area contributed by atoms with Crippen molar-refractivity contribution in [1.29, 1.82) is 0 Å². The molecule has 1 heterocycles. The zero-order valence-corrected chi connectivity index (χ0v) is 12.9. The van der Waals surface area contributed by atoms with E-state index < -0.39 is 0 Å². The van der Waals surface area contributed by atoms with Crippen LogP contribution in [0, 0.1) is 0 Å². The fourth-order valence-corrected chi connectivity index (χ4v) is 2.17. The van der Waals surface area contributed by atoms with Gasteiger partial charge in [-0.1, -0.05) is 36.4 Å². The standard InChI is InChI=1S/C18H18N2O3/c1-23-14-18(22)20(12-16-9-5-6-10-19-16)17(13-21)11-15-7-3-2-4-8-15/h2-10H,11-12,14H2,1H3. The molecule has 118 valence electrons. The Morgan fingerprint density at radius 2 is 1.91 bits per heavy atom. The van der Waals surface area contributed by atoms with E-state index in [1.807, 2.05) is 42.3 Å². The Morgan fingerprint density at radius 3 is 2.52 bits per heavy atom. The van der Waals surface area contributed by atoms with Crippen LogP contribution >= 0.6 is 0 Å². The Hall–Kier alpha value is -2.75. The summed E-state index contributed by atoms with van der Waals surface area (Å²) < 4.78 is 4.91. The first-order valence-corrected chi connectivity index (χ1v) is 7.21. The molecule has 0 bridgehead atoms. The van der Waals surface area contributed by atoms with Gasteiger partial charge in [0.1, 0.15) is 18.2 Å². The van der Waals surface area contributed by atoms with Gasteiger partial charge < -0.3 is 4.74 Å². The van der Waals surface area contributed by atoms with E-state index in [2.05, 4.69) is 4.98 Å². The van der Waals surface area contributed by atoms with E-state index in [-0.39, 0.29) is 24.8 Å². The van der Waals surface area contributed by atoms with Crippen molar-refractivity contribution in [2.75, 3.05) is 13.7 Å². The van der Waals surface area contributed by atoms with E-state index in [4.69, 9.17) is 4.74 Å². The molecule has 1 aromatic heterocycles. The monoisotopic (exact) mass is 310 g/mol. The molecule has 0 atom stereocenters. The normalized spacial score (nSPS) is 9.96. The Bertz CT molecular complexity index is 680. The molecule has 0 fully saturated rings. The number of benzene rings is 1. The number of methoxy groups -OCH3 is 1. The van der Waals surface area contributed by atoms with Gasteiger partial charge in [0.2, 0.25) is 0 Å². The predicted octanol–water partition coefficient (Wildman–Crippen LogP) is 2.01. The van der Waals surface area contributed by atoms with Crippen LogP contribution in [0.15, 0.2) is 60.4 Å². The maximum absolute atomic E-state index is 12.3. The first kappa shape index (κ1) is 16.6. The fourth-order valence-electron chi connectivity index (χ4n) is 2.17. The van der Waals surface area contributed by atoms with Crippen LogP contribution in [0.3, 0.4) is 0 Å². The van der Waals surface area contributed by atoms with Gasteiger partial charge in [0, 0.05) is 19.7 Å². The average molecular weight is 310 g/mol. The first-order valence-electron chi connectivity index (χ1n) is 7.21. The van der Waals surface area contributed by atoms with Crippen LogP contribution in [-0.4, -0.2) is 35.4 Å². The molecule has 1 amide bonds. The maximum atomic E-state index is 12.3. The number of rotatable bonds is 7. The van der Waals surface area contributed by atoms with Crippen molar-refractivity contribution in [3.8, 4) is 0 Å². The summed E-state index contributed by atoms with van der Waals surface area (Å²) in [6.07, 6.45) is 1.97. The number of carbonyl (C=O) groups is 1. The van der Waals surface area contributed by atoms with Gasteiger partial charge in [-0.2, -0.15) is 0 Å². The number of ether oxygens (including phenoxy) is 1. The predicted molar refractivity (Wildman–Crippen MR) is 86.0 cm³/mol. The van der Waals surface area contributed by atoms with Crippen LogP contribution in [0.25, 0.3) is 0 Å². The van der Waals surface area contributed by atoms with Crippen molar-refractivity contribution in [3.63, 3.8) is 0 Å². The molecule has 0 saturated heterocycles. The lowest BCUT2D eigenvalue weighted by Crippen LogP contribution is -2.34. The fraction of sp³-hybridized carbons (Fsp3) is 0.222. The molecule has 5 heteroatoms. The quantitative estimate of drug-likeness (QED) is 0.734. The number of hydrogen-bond donors (Lipinski definition) is 0. The van der Waals surface area contributed by atoms with Crippen molar-refractivity contribution in [2.45, 2.75) is 13.0 Å². The Morgan fingerprint density at radius 1 is 1.17 bits per heavy atom. The summed E-state index contributed by atoms with van der Waals surface area (Å²) in [5.74, 6) is 1.60. The number of amides is 1. The van der Waals surface area contributed by atoms with Gasteiger partial charge >= 0.3 is 0 Å². The van der Waals surface area contributed by atoms with Crippen molar-refractivity contribution in [2.24, 2.45) is 0 Å². The minimum atomic E-state index is -0.299. The van der Waals surface area contributed by atoms with Crippen LogP contribution in [0.4, 0.5) is 0 Å². The third-order valence-electron chi connectivity index (χ3n) is 3.27. The Balaban J connectivity index is 2.23. The van der Waals surface area contributed by atoms with Gasteiger partial charge in [-0.25, -0.2) is 4.79 Å². The van der Waals surface area contributed by atoms with Gasteiger partial charge in [-0.05, 0) is 17.7 Å². The minimum Gasteiger partial charge on any atom is -0.375 e. The Kier molecular flexibility index (Phi) is 6.24. The van der Waals surface area contributed by atoms with Crippen molar-refractivity contribution < 1.29 is 14.3 Å². The molecule has 23 heavy (non-hydrogen) atoms.